The van der Waals surface area contributed by atoms with Crippen molar-refractivity contribution in [2.75, 3.05) is 19.6 Å². The number of hydrogen-bond acceptors (Lipinski definition) is 2. The molecule has 0 heterocycles. The number of halogens is 1. The molecule has 0 fully saturated rings. The van der Waals surface area contributed by atoms with E-state index in [0.29, 0.717) is 5.75 Å². The average molecular weight is 265 g/mol. The van der Waals surface area contributed by atoms with E-state index >= 15 is 0 Å². The molecule has 2 nitrogen and oxygen atoms in total. The molecule has 0 aliphatic heterocycles. The van der Waals surface area contributed by atoms with Gasteiger partial charge in [-0.3, -0.25) is 4.21 Å². The Hall–Kier alpha value is -0.350. The summed E-state index contributed by atoms with van der Waals surface area (Å²) in [5.74, 6) is 0.691. The van der Waals surface area contributed by atoms with E-state index in [0.717, 1.165) is 9.37 Å². The highest BCUT2D eigenvalue weighted by Crippen LogP contribution is 2.29. The SMILES string of the molecule is COc1ccc(Br)cc1[SH](C)(C)=O. The maximum Gasteiger partial charge on any atom is 0.133 e. The molecule has 0 unspecified atom stereocenters. The van der Waals surface area contributed by atoms with Gasteiger partial charge in [-0.25, -0.2) is 0 Å². The third-order valence-corrected chi connectivity index (χ3v) is 3.72. The second-order valence-electron chi connectivity index (χ2n) is 3.17. The predicted octanol–water partition coefficient (Wildman–Crippen LogP) is 2.09. The maximum absolute atomic E-state index is 11.8. The van der Waals surface area contributed by atoms with Crippen LogP contribution in [0.3, 0.4) is 0 Å². The first-order valence-corrected chi connectivity index (χ1v) is 7.23. The van der Waals surface area contributed by atoms with E-state index in [9.17, 15) is 4.21 Å². The molecular formula is C9H13BrO2S. The lowest BCUT2D eigenvalue weighted by Crippen LogP contribution is -2.08. The third-order valence-electron chi connectivity index (χ3n) is 1.72. The van der Waals surface area contributed by atoms with Gasteiger partial charge < -0.3 is 4.74 Å². The molecule has 74 valence electrons. The average Bonchev–Trinajstić information content (AvgIpc) is 2.03. The van der Waals surface area contributed by atoms with Crippen molar-refractivity contribution in [3.8, 4) is 5.75 Å². The Morgan fingerprint density at radius 1 is 1.38 bits per heavy atom. The van der Waals surface area contributed by atoms with Gasteiger partial charge >= 0.3 is 0 Å². The number of ether oxygens (including phenoxy) is 1. The molecule has 0 bridgehead atoms. The predicted molar refractivity (Wildman–Crippen MR) is 60.3 cm³/mol. The van der Waals surface area contributed by atoms with Crippen molar-refractivity contribution in [1.29, 1.82) is 0 Å². The van der Waals surface area contributed by atoms with Crippen LogP contribution in [0.2, 0.25) is 0 Å². The van der Waals surface area contributed by atoms with Crippen LogP contribution >= 0.6 is 15.9 Å². The van der Waals surface area contributed by atoms with Gasteiger partial charge in [0.05, 0.1) is 12.0 Å². The fourth-order valence-electron chi connectivity index (χ4n) is 1.08. The molecular weight excluding hydrogens is 252 g/mol. The van der Waals surface area contributed by atoms with E-state index in [-0.39, 0.29) is 0 Å². The smallest absolute Gasteiger partial charge is 0.133 e. The summed E-state index contributed by atoms with van der Waals surface area (Å²) in [7, 11) is -0.668. The Labute approximate surface area is 87.8 Å². The molecule has 0 aromatic heterocycles. The van der Waals surface area contributed by atoms with Gasteiger partial charge in [-0.1, -0.05) is 25.9 Å². The van der Waals surface area contributed by atoms with Crippen LogP contribution in [0, 0.1) is 0 Å². The maximum atomic E-state index is 11.8. The van der Waals surface area contributed by atoms with Crippen molar-refractivity contribution in [3.63, 3.8) is 0 Å². The van der Waals surface area contributed by atoms with E-state index in [1.807, 2.05) is 18.2 Å². The first-order chi connectivity index (χ1) is 5.95. The Morgan fingerprint density at radius 2 is 2.00 bits per heavy atom. The van der Waals surface area contributed by atoms with Gasteiger partial charge in [0.2, 0.25) is 0 Å². The van der Waals surface area contributed by atoms with Gasteiger partial charge in [-0.2, -0.15) is 0 Å². The van der Waals surface area contributed by atoms with E-state index in [1.165, 1.54) is 0 Å². The summed E-state index contributed by atoms with van der Waals surface area (Å²) in [6.45, 7) is 0. The first-order valence-electron chi connectivity index (χ1n) is 3.84. The number of methoxy groups -OCH3 is 1. The number of benzene rings is 1. The van der Waals surface area contributed by atoms with Crippen molar-refractivity contribution in [3.05, 3.63) is 22.7 Å². The minimum Gasteiger partial charge on any atom is -0.496 e. The van der Waals surface area contributed by atoms with Crippen LogP contribution < -0.4 is 4.74 Å². The topological polar surface area (TPSA) is 26.3 Å². The lowest BCUT2D eigenvalue weighted by Gasteiger charge is -2.16. The van der Waals surface area contributed by atoms with E-state index < -0.39 is 9.93 Å². The summed E-state index contributed by atoms with van der Waals surface area (Å²) >= 11 is 3.34. The number of rotatable bonds is 2. The fourth-order valence-corrected chi connectivity index (χ4v) is 2.77. The fraction of sp³-hybridized carbons (Fsp3) is 0.333. The minimum absolute atomic E-state index is 0.691. The van der Waals surface area contributed by atoms with Crippen molar-refractivity contribution >= 4 is 25.9 Å². The summed E-state index contributed by atoms with van der Waals surface area (Å²) < 4.78 is 17.9. The molecule has 0 saturated carbocycles. The van der Waals surface area contributed by atoms with Crippen LogP contribution in [0.5, 0.6) is 5.75 Å². The van der Waals surface area contributed by atoms with Crippen LogP contribution in [0.1, 0.15) is 0 Å². The van der Waals surface area contributed by atoms with Crippen molar-refractivity contribution in [1.82, 2.24) is 0 Å². The third kappa shape index (κ3) is 2.54. The quantitative estimate of drug-likeness (QED) is 0.829. The molecule has 1 rings (SSSR count). The normalized spacial score (nSPS) is 12.6. The molecule has 0 amide bonds. The van der Waals surface area contributed by atoms with Gasteiger partial charge in [0.1, 0.15) is 5.75 Å². The summed E-state index contributed by atoms with van der Waals surface area (Å²) in [5.41, 5.74) is 0. The highest BCUT2D eigenvalue weighted by molar-refractivity contribution is 9.10. The zero-order chi connectivity index (χ0) is 10.1. The Bertz CT molecular complexity index is 357. The zero-order valence-corrected chi connectivity index (χ0v) is 10.4. The van der Waals surface area contributed by atoms with Crippen LogP contribution in [-0.2, 0) is 9.93 Å². The molecule has 4 heteroatoms. The summed E-state index contributed by atoms with van der Waals surface area (Å²) in [6, 6.07) is 5.54. The summed E-state index contributed by atoms with van der Waals surface area (Å²) in [6.07, 6.45) is 3.47. The second-order valence-corrected chi connectivity index (χ2v) is 7.27. The van der Waals surface area contributed by atoms with Gasteiger partial charge in [-0.05, 0) is 30.7 Å². The standard InChI is InChI=1S/C9H13BrO2S/c1-12-8-5-4-7(10)6-9(8)13(2,3)11/h4-6,13H,1-3H3. The highest BCUT2D eigenvalue weighted by Gasteiger charge is 2.11. The Balaban J connectivity index is 3.33. The van der Waals surface area contributed by atoms with Gasteiger partial charge in [0, 0.05) is 4.47 Å². The van der Waals surface area contributed by atoms with Gasteiger partial charge in [-0.15, -0.1) is 0 Å². The molecule has 0 atom stereocenters. The van der Waals surface area contributed by atoms with Gasteiger partial charge in [0.15, 0.2) is 0 Å². The van der Waals surface area contributed by atoms with E-state index in [1.54, 1.807) is 19.6 Å². The first kappa shape index (κ1) is 10.7. The van der Waals surface area contributed by atoms with E-state index in [4.69, 9.17) is 4.74 Å². The Morgan fingerprint density at radius 3 is 2.46 bits per heavy atom. The largest absolute Gasteiger partial charge is 0.496 e. The monoisotopic (exact) mass is 264 g/mol. The molecule has 0 aliphatic rings. The molecule has 1 aromatic carbocycles. The van der Waals surface area contributed by atoms with Crippen molar-refractivity contribution in [2.45, 2.75) is 4.90 Å². The zero-order valence-electron chi connectivity index (χ0n) is 7.87. The minimum atomic E-state index is -2.25. The highest BCUT2D eigenvalue weighted by atomic mass is 79.9. The van der Waals surface area contributed by atoms with Crippen LogP contribution in [0.15, 0.2) is 27.6 Å². The van der Waals surface area contributed by atoms with Gasteiger partial charge in [0.25, 0.3) is 0 Å². The number of hydrogen-bond donors (Lipinski definition) is 1. The lowest BCUT2D eigenvalue weighted by molar-refractivity contribution is 0.403. The second kappa shape index (κ2) is 3.80. The Kier molecular flexibility index (Phi) is 3.14. The van der Waals surface area contributed by atoms with Crippen LogP contribution in [0.4, 0.5) is 0 Å². The van der Waals surface area contributed by atoms with Crippen LogP contribution in [-0.4, -0.2) is 23.8 Å². The molecule has 0 aliphatic carbocycles. The molecule has 0 spiro atoms. The van der Waals surface area contributed by atoms with Crippen molar-refractivity contribution in [2.24, 2.45) is 0 Å². The van der Waals surface area contributed by atoms with Crippen LogP contribution in [0.25, 0.3) is 0 Å². The summed E-state index contributed by atoms with van der Waals surface area (Å²) in [4.78, 5) is 0.782. The number of thiol groups is 1. The van der Waals surface area contributed by atoms with E-state index in [2.05, 4.69) is 15.9 Å². The molecule has 1 aromatic rings. The van der Waals surface area contributed by atoms with Crippen molar-refractivity contribution < 1.29 is 8.95 Å². The summed E-state index contributed by atoms with van der Waals surface area (Å²) in [5, 5.41) is 0. The molecule has 0 saturated heterocycles. The molecule has 0 N–H and O–H groups in total. The molecule has 13 heavy (non-hydrogen) atoms. The lowest BCUT2D eigenvalue weighted by atomic mass is 10.3. The molecule has 0 radical (unpaired) electrons.